The van der Waals surface area contributed by atoms with Crippen LogP contribution in [0.3, 0.4) is 0 Å². The third-order valence-corrected chi connectivity index (χ3v) is 6.83. The molecule has 1 N–H and O–H groups in total. The largest absolute Gasteiger partial charge is 0.447 e. The first-order valence-corrected chi connectivity index (χ1v) is 12.0. The first-order valence-electron chi connectivity index (χ1n) is 12.0. The van der Waals surface area contributed by atoms with Crippen LogP contribution in [0.25, 0.3) is 0 Å². The number of benzene rings is 1. The van der Waals surface area contributed by atoms with Crippen molar-refractivity contribution in [2.45, 2.75) is 58.3 Å². The van der Waals surface area contributed by atoms with Crippen molar-refractivity contribution in [3.63, 3.8) is 0 Å². The van der Waals surface area contributed by atoms with Gasteiger partial charge in [-0.25, -0.2) is 14.2 Å². The Labute approximate surface area is 204 Å². The fourth-order valence-electron chi connectivity index (χ4n) is 4.99. The molecule has 35 heavy (non-hydrogen) atoms. The van der Waals surface area contributed by atoms with Gasteiger partial charge >= 0.3 is 6.09 Å². The minimum absolute atomic E-state index is 0.0328. The molecular formula is C25H31FN6O3. The van der Waals surface area contributed by atoms with E-state index in [0.29, 0.717) is 56.7 Å². The van der Waals surface area contributed by atoms with E-state index in [1.807, 2.05) is 18.7 Å². The van der Waals surface area contributed by atoms with Crippen molar-refractivity contribution in [1.29, 1.82) is 0 Å². The Morgan fingerprint density at radius 1 is 1.17 bits per heavy atom. The van der Waals surface area contributed by atoms with E-state index in [4.69, 9.17) is 14.7 Å². The lowest BCUT2D eigenvalue weighted by atomic mass is 9.94. The maximum Gasteiger partial charge on any atom is 0.410 e. The van der Waals surface area contributed by atoms with E-state index < -0.39 is 5.54 Å². The number of carbonyl (C=O) groups is 2. The normalized spacial score (nSPS) is 19.8. The highest BCUT2D eigenvalue weighted by molar-refractivity contribution is 5.98. The lowest BCUT2D eigenvalue weighted by molar-refractivity contribution is 0.0726. The molecule has 10 heteroatoms. The van der Waals surface area contributed by atoms with E-state index in [2.05, 4.69) is 19.2 Å². The first-order chi connectivity index (χ1) is 16.6. The Kier molecular flexibility index (Phi) is 5.77. The Morgan fingerprint density at radius 3 is 2.63 bits per heavy atom. The van der Waals surface area contributed by atoms with Gasteiger partial charge in [0, 0.05) is 36.8 Å². The van der Waals surface area contributed by atoms with Crippen LogP contribution in [-0.4, -0.2) is 75.6 Å². The van der Waals surface area contributed by atoms with Crippen LogP contribution in [0.5, 0.6) is 0 Å². The van der Waals surface area contributed by atoms with Crippen LogP contribution < -0.4 is 10.2 Å². The summed E-state index contributed by atoms with van der Waals surface area (Å²) in [6, 6.07) is 6.46. The summed E-state index contributed by atoms with van der Waals surface area (Å²) in [5.41, 5.74) is 1.79. The summed E-state index contributed by atoms with van der Waals surface area (Å²) < 4.78 is 18.6. The Hall–Kier alpha value is -3.43. The minimum Gasteiger partial charge on any atom is -0.447 e. The summed E-state index contributed by atoms with van der Waals surface area (Å²) in [7, 11) is 0. The number of anilines is 2. The van der Waals surface area contributed by atoms with E-state index in [1.165, 1.54) is 12.1 Å². The second-order valence-electron chi connectivity index (χ2n) is 10.4. The number of nitrogens with zero attached hydrogens (tertiary/aromatic N) is 5. The highest BCUT2D eigenvalue weighted by Crippen LogP contribution is 2.33. The topological polar surface area (TPSA) is 90.9 Å². The quantitative estimate of drug-likeness (QED) is 0.677. The van der Waals surface area contributed by atoms with Gasteiger partial charge < -0.3 is 19.9 Å². The molecule has 9 nitrogen and oxygen atoms in total. The SMILES string of the molecule is CC(C)N1Cc2c(NC(C)(C)Cc3ccc(F)cc3)nc(N3CCN4C(=O)OCC4C3)nc2C1=O. The van der Waals surface area contributed by atoms with E-state index in [9.17, 15) is 14.0 Å². The molecule has 2 saturated heterocycles. The predicted octanol–water partition coefficient (Wildman–Crippen LogP) is 3.05. The number of rotatable bonds is 6. The number of amides is 2. The highest BCUT2D eigenvalue weighted by Gasteiger charge is 2.40. The number of cyclic esters (lactones) is 1. The fraction of sp³-hybridized carbons (Fsp3) is 0.520. The van der Waals surface area contributed by atoms with Crippen LogP contribution in [0.4, 0.5) is 21.0 Å². The summed E-state index contributed by atoms with van der Waals surface area (Å²) >= 11 is 0. The molecule has 1 aromatic heterocycles. The summed E-state index contributed by atoms with van der Waals surface area (Å²) in [6.07, 6.45) is 0.362. The van der Waals surface area contributed by atoms with Gasteiger partial charge in [-0.3, -0.25) is 9.69 Å². The number of hydrogen-bond acceptors (Lipinski definition) is 7. The Morgan fingerprint density at radius 2 is 1.91 bits per heavy atom. The number of halogens is 1. The standard InChI is InChI=1S/C25H31FN6O3/c1-15(2)32-13-19-20(22(32)33)27-23(30-9-10-31-18(12-30)14-35-24(31)34)28-21(19)29-25(3,4)11-16-5-7-17(26)8-6-16/h5-8,15,18H,9-14H2,1-4H3,(H,27,28,29). The maximum absolute atomic E-state index is 13.4. The van der Waals surface area contributed by atoms with Crippen LogP contribution in [0.2, 0.25) is 0 Å². The molecule has 186 valence electrons. The molecule has 0 radical (unpaired) electrons. The summed E-state index contributed by atoms with van der Waals surface area (Å²) in [6.45, 7) is 10.5. The van der Waals surface area contributed by atoms with Crippen molar-refractivity contribution in [3.05, 3.63) is 46.9 Å². The van der Waals surface area contributed by atoms with Crippen molar-refractivity contribution in [3.8, 4) is 0 Å². The number of hydrogen-bond donors (Lipinski definition) is 1. The van der Waals surface area contributed by atoms with Crippen LogP contribution in [0.15, 0.2) is 24.3 Å². The molecule has 0 saturated carbocycles. The van der Waals surface area contributed by atoms with Crippen molar-refractivity contribution >= 4 is 23.8 Å². The predicted molar refractivity (Wildman–Crippen MR) is 129 cm³/mol. The summed E-state index contributed by atoms with van der Waals surface area (Å²) in [5.74, 6) is 0.743. The average Bonchev–Trinajstić information content (AvgIpc) is 3.35. The summed E-state index contributed by atoms with van der Waals surface area (Å²) in [4.78, 5) is 40.3. The molecule has 2 fully saturated rings. The zero-order valence-electron chi connectivity index (χ0n) is 20.5. The van der Waals surface area contributed by atoms with Crippen molar-refractivity contribution in [1.82, 2.24) is 19.8 Å². The molecule has 1 atom stereocenters. The second kappa shape index (κ2) is 8.66. The van der Waals surface area contributed by atoms with Crippen molar-refractivity contribution in [2.75, 3.05) is 36.5 Å². The molecule has 0 aliphatic carbocycles. The smallest absolute Gasteiger partial charge is 0.410 e. The number of ether oxygens (including phenoxy) is 1. The molecule has 4 heterocycles. The van der Waals surface area contributed by atoms with E-state index in [-0.39, 0.29) is 29.9 Å². The zero-order chi connectivity index (χ0) is 24.9. The third kappa shape index (κ3) is 4.49. The van der Waals surface area contributed by atoms with Gasteiger partial charge in [-0.1, -0.05) is 12.1 Å². The molecule has 3 aliphatic heterocycles. The van der Waals surface area contributed by atoms with Gasteiger partial charge in [-0.05, 0) is 51.8 Å². The number of fused-ring (bicyclic) bond motifs is 2. The molecule has 0 bridgehead atoms. The van der Waals surface area contributed by atoms with E-state index >= 15 is 0 Å². The number of carbonyl (C=O) groups excluding carboxylic acids is 2. The molecular weight excluding hydrogens is 451 g/mol. The molecule has 5 rings (SSSR count). The Bertz CT molecular complexity index is 1150. The maximum atomic E-state index is 13.4. The van der Waals surface area contributed by atoms with Crippen LogP contribution in [-0.2, 0) is 17.7 Å². The van der Waals surface area contributed by atoms with Crippen LogP contribution >= 0.6 is 0 Å². The average molecular weight is 483 g/mol. The van der Waals surface area contributed by atoms with Gasteiger partial charge in [-0.15, -0.1) is 0 Å². The van der Waals surface area contributed by atoms with Gasteiger partial charge in [0.15, 0.2) is 0 Å². The number of piperazine rings is 1. The van der Waals surface area contributed by atoms with Gasteiger partial charge in [0.1, 0.15) is 23.9 Å². The number of aromatic nitrogens is 2. The molecule has 0 spiro atoms. The molecule has 2 aromatic rings. The van der Waals surface area contributed by atoms with Crippen molar-refractivity contribution < 1.29 is 18.7 Å². The van der Waals surface area contributed by atoms with Crippen LogP contribution in [0.1, 0.15) is 49.3 Å². The monoisotopic (exact) mass is 482 g/mol. The first kappa shape index (κ1) is 23.3. The van der Waals surface area contributed by atoms with Crippen molar-refractivity contribution in [2.24, 2.45) is 0 Å². The highest BCUT2D eigenvalue weighted by atomic mass is 19.1. The lowest BCUT2D eigenvalue weighted by Crippen LogP contribution is -2.52. The van der Waals surface area contributed by atoms with Gasteiger partial charge in [0.05, 0.1) is 12.6 Å². The van der Waals surface area contributed by atoms with Gasteiger partial charge in [-0.2, -0.15) is 4.98 Å². The molecule has 3 aliphatic rings. The van der Waals surface area contributed by atoms with Gasteiger partial charge in [0.25, 0.3) is 5.91 Å². The van der Waals surface area contributed by atoms with Crippen LogP contribution in [0, 0.1) is 5.82 Å². The fourth-order valence-corrected chi connectivity index (χ4v) is 4.99. The van der Waals surface area contributed by atoms with E-state index in [1.54, 1.807) is 21.9 Å². The number of nitrogens with one attached hydrogen (secondary N) is 1. The lowest BCUT2D eigenvalue weighted by Gasteiger charge is -2.36. The zero-order valence-corrected chi connectivity index (χ0v) is 20.5. The minimum atomic E-state index is -0.421. The third-order valence-electron chi connectivity index (χ3n) is 6.83. The molecule has 1 aromatic carbocycles. The molecule has 2 amide bonds. The molecule has 1 unspecified atom stereocenters. The Balaban J connectivity index is 1.46. The summed E-state index contributed by atoms with van der Waals surface area (Å²) in [5, 5.41) is 3.55. The van der Waals surface area contributed by atoms with E-state index in [0.717, 1.165) is 11.1 Å². The van der Waals surface area contributed by atoms with Gasteiger partial charge in [0.2, 0.25) is 5.95 Å². The second-order valence-corrected chi connectivity index (χ2v) is 10.4.